The zero-order valence-electron chi connectivity index (χ0n) is 9.28. The summed E-state index contributed by atoms with van der Waals surface area (Å²) in [6, 6.07) is 6.32. The third-order valence-corrected chi connectivity index (χ3v) is 2.27. The van der Waals surface area contributed by atoms with Crippen LogP contribution in [0.15, 0.2) is 24.3 Å². The van der Waals surface area contributed by atoms with E-state index in [0.29, 0.717) is 18.7 Å². The van der Waals surface area contributed by atoms with Crippen LogP contribution in [0.1, 0.15) is 29.6 Å². The average molecular weight is 222 g/mol. The number of unbranched alkanes of at least 4 members (excludes halogenated alkanes) is 2. The van der Waals surface area contributed by atoms with Crippen molar-refractivity contribution in [3.05, 3.63) is 29.8 Å². The maximum Gasteiger partial charge on any atom is 0.251 e. The number of carbonyl (C=O) groups is 1. The fourth-order valence-electron chi connectivity index (χ4n) is 1.40. The molecule has 4 N–H and O–H groups in total. The minimum absolute atomic E-state index is 0.107. The van der Waals surface area contributed by atoms with Crippen LogP contribution in [0.2, 0.25) is 0 Å². The number of rotatable bonds is 6. The molecule has 0 saturated heterocycles. The van der Waals surface area contributed by atoms with Crippen LogP contribution >= 0.6 is 0 Å². The quantitative estimate of drug-likeness (QED) is 0.634. The van der Waals surface area contributed by atoms with E-state index in [1.807, 2.05) is 0 Å². The van der Waals surface area contributed by atoms with E-state index in [-0.39, 0.29) is 11.7 Å². The SMILES string of the molecule is NCCCCCNC(=O)c1cccc(O)c1. The number of phenolic OH excluding ortho intramolecular Hbond substituents is 1. The van der Waals surface area contributed by atoms with Crippen molar-refractivity contribution in [1.82, 2.24) is 5.32 Å². The van der Waals surface area contributed by atoms with Crippen molar-refractivity contribution in [2.24, 2.45) is 5.73 Å². The number of aromatic hydroxyl groups is 1. The Labute approximate surface area is 95.5 Å². The molecule has 0 bridgehead atoms. The van der Waals surface area contributed by atoms with Gasteiger partial charge in [0.1, 0.15) is 5.75 Å². The largest absolute Gasteiger partial charge is 0.508 e. The number of hydrogen-bond donors (Lipinski definition) is 3. The molecule has 1 amide bonds. The molecule has 0 fully saturated rings. The van der Waals surface area contributed by atoms with Crippen molar-refractivity contribution in [2.45, 2.75) is 19.3 Å². The van der Waals surface area contributed by atoms with Gasteiger partial charge in [-0.2, -0.15) is 0 Å². The van der Waals surface area contributed by atoms with Gasteiger partial charge in [0.05, 0.1) is 0 Å². The predicted octanol–water partition coefficient (Wildman–Crippen LogP) is 1.25. The first kappa shape index (κ1) is 12.5. The second-order valence-electron chi connectivity index (χ2n) is 3.66. The third-order valence-electron chi connectivity index (χ3n) is 2.27. The maximum absolute atomic E-state index is 11.6. The Bertz CT molecular complexity index is 340. The molecule has 1 aromatic rings. The molecule has 0 aromatic heterocycles. The first-order chi connectivity index (χ1) is 7.74. The van der Waals surface area contributed by atoms with Gasteiger partial charge in [0, 0.05) is 12.1 Å². The first-order valence-electron chi connectivity index (χ1n) is 5.51. The number of carbonyl (C=O) groups excluding carboxylic acids is 1. The second-order valence-corrected chi connectivity index (χ2v) is 3.66. The summed E-state index contributed by atoms with van der Waals surface area (Å²) in [4.78, 5) is 11.6. The number of nitrogens with two attached hydrogens (primary N) is 1. The third kappa shape index (κ3) is 4.31. The Balaban J connectivity index is 2.30. The van der Waals surface area contributed by atoms with E-state index < -0.39 is 0 Å². The van der Waals surface area contributed by atoms with Gasteiger partial charge in [-0.25, -0.2) is 0 Å². The molecule has 1 aromatic carbocycles. The standard InChI is InChI=1S/C12H18N2O2/c13-7-2-1-3-8-14-12(16)10-5-4-6-11(15)9-10/h4-6,9,15H,1-3,7-8,13H2,(H,14,16). The molecule has 0 aliphatic heterocycles. The molecule has 0 aliphatic carbocycles. The van der Waals surface area contributed by atoms with Crippen LogP contribution in [-0.4, -0.2) is 24.1 Å². The average Bonchev–Trinajstić information content (AvgIpc) is 2.28. The normalized spacial score (nSPS) is 10.1. The molecule has 4 heteroatoms. The Morgan fingerprint density at radius 1 is 1.31 bits per heavy atom. The lowest BCUT2D eigenvalue weighted by atomic mass is 10.2. The van der Waals surface area contributed by atoms with Crippen LogP contribution < -0.4 is 11.1 Å². The molecule has 4 nitrogen and oxygen atoms in total. The first-order valence-corrected chi connectivity index (χ1v) is 5.51. The highest BCUT2D eigenvalue weighted by Crippen LogP contribution is 2.10. The molecular formula is C12H18N2O2. The minimum Gasteiger partial charge on any atom is -0.508 e. The smallest absolute Gasteiger partial charge is 0.251 e. The number of hydrogen-bond acceptors (Lipinski definition) is 3. The van der Waals surface area contributed by atoms with E-state index in [4.69, 9.17) is 5.73 Å². The van der Waals surface area contributed by atoms with E-state index in [0.717, 1.165) is 19.3 Å². The lowest BCUT2D eigenvalue weighted by Crippen LogP contribution is -2.24. The Morgan fingerprint density at radius 2 is 2.12 bits per heavy atom. The summed E-state index contributed by atoms with van der Waals surface area (Å²) in [5.74, 6) is -0.0422. The molecular weight excluding hydrogens is 204 g/mol. The van der Waals surface area contributed by atoms with Gasteiger partial charge < -0.3 is 16.2 Å². The molecule has 0 atom stereocenters. The predicted molar refractivity (Wildman–Crippen MR) is 63.3 cm³/mol. The van der Waals surface area contributed by atoms with Gasteiger partial charge in [-0.1, -0.05) is 12.5 Å². The van der Waals surface area contributed by atoms with Crippen LogP contribution in [0, 0.1) is 0 Å². The Morgan fingerprint density at radius 3 is 2.81 bits per heavy atom. The highest BCUT2D eigenvalue weighted by molar-refractivity contribution is 5.94. The van der Waals surface area contributed by atoms with Gasteiger partial charge in [-0.3, -0.25) is 4.79 Å². The van der Waals surface area contributed by atoms with Gasteiger partial charge in [0.15, 0.2) is 0 Å². The van der Waals surface area contributed by atoms with Gasteiger partial charge >= 0.3 is 0 Å². The van der Waals surface area contributed by atoms with Crippen LogP contribution in [-0.2, 0) is 0 Å². The van der Waals surface area contributed by atoms with Crippen molar-refractivity contribution in [1.29, 1.82) is 0 Å². The van der Waals surface area contributed by atoms with Crippen molar-refractivity contribution >= 4 is 5.91 Å². The molecule has 16 heavy (non-hydrogen) atoms. The highest BCUT2D eigenvalue weighted by Gasteiger charge is 2.04. The van der Waals surface area contributed by atoms with E-state index in [2.05, 4.69) is 5.32 Å². The summed E-state index contributed by atoms with van der Waals surface area (Å²) < 4.78 is 0. The van der Waals surface area contributed by atoms with Crippen LogP contribution in [0.5, 0.6) is 5.75 Å². The Hall–Kier alpha value is -1.55. The van der Waals surface area contributed by atoms with Crippen molar-refractivity contribution in [3.63, 3.8) is 0 Å². The molecule has 88 valence electrons. The minimum atomic E-state index is -0.149. The molecule has 0 saturated carbocycles. The monoisotopic (exact) mass is 222 g/mol. The maximum atomic E-state index is 11.6. The number of nitrogens with one attached hydrogen (secondary N) is 1. The van der Waals surface area contributed by atoms with E-state index in [9.17, 15) is 9.90 Å². The van der Waals surface area contributed by atoms with Crippen molar-refractivity contribution in [3.8, 4) is 5.75 Å². The van der Waals surface area contributed by atoms with Gasteiger partial charge in [0.2, 0.25) is 0 Å². The van der Waals surface area contributed by atoms with Crippen LogP contribution in [0.3, 0.4) is 0 Å². The molecule has 0 spiro atoms. The lowest BCUT2D eigenvalue weighted by molar-refractivity contribution is 0.0952. The summed E-state index contributed by atoms with van der Waals surface area (Å²) >= 11 is 0. The topological polar surface area (TPSA) is 75.3 Å². The van der Waals surface area contributed by atoms with E-state index >= 15 is 0 Å². The summed E-state index contributed by atoms with van der Waals surface area (Å²) in [5.41, 5.74) is 5.85. The summed E-state index contributed by atoms with van der Waals surface area (Å²) in [7, 11) is 0. The summed E-state index contributed by atoms with van der Waals surface area (Å²) in [6.07, 6.45) is 2.95. The van der Waals surface area contributed by atoms with Gasteiger partial charge in [-0.15, -0.1) is 0 Å². The highest BCUT2D eigenvalue weighted by atomic mass is 16.3. The zero-order valence-corrected chi connectivity index (χ0v) is 9.28. The molecule has 1 rings (SSSR count). The summed E-state index contributed by atoms with van der Waals surface area (Å²) in [5, 5.41) is 12.0. The molecule has 0 heterocycles. The van der Waals surface area contributed by atoms with Crippen molar-refractivity contribution < 1.29 is 9.90 Å². The van der Waals surface area contributed by atoms with Crippen molar-refractivity contribution in [2.75, 3.05) is 13.1 Å². The van der Waals surface area contributed by atoms with Gasteiger partial charge in [-0.05, 0) is 37.6 Å². The second kappa shape index (κ2) is 6.85. The molecule has 0 radical (unpaired) electrons. The number of benzene rings is 1. The molecule has 0 unspecified atom stereocenters. The lowest BCUT2D eigenvalue weighted by Gasteiger charge is -2.05. The molecule has 0 aliphatic rings. The Kier molecular flexibility index (Phi) is 5.36. The fourth-order valence-corrected chi connectivity index (χ4v) is 1.40. The van der Waals surface area contributed by atoms with E-state index in [1.54, 1.807) is 12.1 Å². The van der Waals surface area contributed by atoms with Crippen LogP contribution in [0.4, 0.5) is 0 Å². The fraction of sp³-hybridized carbons (Fsp3) is 0.417. The van der Waals surface area contributed by atoms with E-state index in [1.165, 1.54) is 12.1 Å². The number of amides is 1. The van der Waals surface area contributed by atoms with Crippen LogP contribution in [0.25, 0.3) is 0 Å². The van der Waals surface area contributed by atoms with Gasteiger partial charge in [0.25, 0.3) is 5.91 Å². The summed E-state index contributed by atoms with van der Waals surface area (Å²) in [6.45, 7) is 1.34. The number of phenols is 1. The zero-order chi connectivity index (χ0) is 11.8.